The van der Waals surface area contributed by atoms with E-state index in [1.165, 1.54) is 5.69 Å². The number of rotatable bonds is 5. The van der Waals surface area contributed by atoms with Gasteiger partial charge >= 0.3 is 0 Å². The van der Waals surface area contributed by atoms with Crippen molar-refractivity contribution in [2.24, 2.45) is 0 Å². The molecule has 0 atom stereocenters. The molecular weight excluding hydrogens is 390 g/mol. The molecule has 0 N–H and O–H groups in total. The maximum atomic E-state index is 6.12. The van der Waals surface area contributed by atoms with Crippen LogP contribution < -0.4 is 9.64 Å². The molecule has 0 radical (unpaired) electrons. The van der Waals surface area contributed by atoms with Gasteiger partial charge in [0.2, 0.25) is 0 Å². The number of aromatic nitrogens is 1. The average Bonchev–Trinajstić information content (AvgIpc) is 3.06. The van der Waals surface area contributed by atoms with Crippen molar-refractivity contribution in [3.05, 3.63) is 64.6 Å². The van der Waals surface area contributed by atoms with Crippen LogP contribution in [0.5, 0.6) is 5.75 Å². The van der Waals surface area contributed by atoms with E-state index in [4.69, 9.17) is 21.3 Å². The number of ether oxygens (including phenoxy) is 1. The second-order valence-corrected chi connectivity index (χ2v) is 8.24. The predicted octanol–water partition coefficient (Wildman–Crippen LogP) is 5.18. The maximum absolute atomic E-state index is 6.12. The van der Waals surface area contributed by atoms with Crippen LogP contribution in [-0.2, 0) is 6.54 Å². The number of halogens is 1. The Morgan fingerprint density at radius 3 is 2.82 bits per heavy atom. The average molecular weight is 414 g/mol. The van der Waals surface area contributed by atoms with Gasteiger partial charge in [-0.3, -0.25) is 4.90 Å². The predicted molar refractivity (Wildman–Crippen MR) is 118 cm³/mol. The van der Waals surface area contributed by atoms with Crippen LogP contribution in [-0.4, -0.2) is 43.2 Å². The van der Waals surface area contributed by atoms with Gasteiger partial charge in [-0.2, -0.15) is 0 Å². The van der Waals surface area contributed by atoms with Crippen LogP contribution in [0, 0.1) is 0 Å². The molecule has 0 amide bonds. The Hall–Kier alpha value is -2.08. The van der Waals surface area contributed by atoms with Gasteiger partial charge in [-0.25, -0.2) is 4.98 Å². The highest BCUT2D eigenvalue weighted by molar-refractivity contribution is 7.13. The summed E-state index contributed by atoms with van der Waals surface area (Å²) >= 11 is 7.80. The Kier molecular flexibility index (Phi) is 6.15. The van der Waals surface area contributed by atoms with Gasteiger partial charge in [0.05, 0.1) is 18.5 Å². The fourth-order valence-electron chi connectivity index (χ4n) is 3.62. The number of hydrogen-bond acceptors (Lipinski definition) is 5. The van der Waals surface area contributed by atoms with Crippen molar-refractivity contribution in [2.45, 2.75) is 13.0 Å². The third-order valence-electron chi connectivity index (χ3n) is 5.02. The molecule has 146 valence electrons. The molecule has 28 heavy (non-hydrogen) atoms. The highest BCUT2D eigenvalue weighted by Crippen LogP contribution is 2.29. The van der Waals surface area contributed by atoms with Crippen LogP contribution in [0.4, 0.5) is 5.69 Å². The fraction of sp³-hybridized carbons (Fsp3) is 0.318. The van der Waals surface area contributed by atoms with Gasteiger partial charge in [-0.05, 0) is 30.7 Å². The van der Waals surface area contributed by atoms with Crippen molar-refractivity contribution in [2.75, 3.05) is 38.2 Å². The smallest absolute Gasteiger partial charge is 0.142 e. The quantitative estimate of drug-likeness (QED) is 0.575. The molecule has 0 aliphatic carbocycles. The van der Waals surface area contributed by atoms with Crippen LogP contribution in [0.25, 0.3) is 10.6 Å². The zero-order valence-electron chi connectivity index (χ0n) is 16.0. The standard InChI is InChI=1S/C22H24ClN3OS/c1-27-21-9-3-2-8-20(21)26-11-5-10-25(12-13-26)15-19-16-28-22(24-19)17-6-4-7-18(23)14-17/h2-4,6-9,14,16H,5,10-13,15H2,1H3. The van der Waals surface area contributed by atoms with Crippen molar-refractivity contribution in [3.8, 4) is 16.3 Å². The fourth-order valence-corrected chi connectivity index (χ4v) is 4.62. The molecule has 1 aliphatic rings. The number of methoxy groups -OCH3 is 1. The van der Waals surface area contributed by atoms with E-state index in [2.05, 4.69) is 33.4 Å². The second-order valence-electron chi connectivity index (χ2n) is 6.94. The minimum absolute atomic E-state index is 0.748. The largest absolute Gasteiger partial charge is 0.495 e. The second kappa shape index (κ2) is 8.95. The monoisotopic (exact) mass is 413 g/mol. The van der Waals surface area contributed by atoms with E-state index >= 15 is 0 Å². The van der Waals surface area contributed by atoms with Gasteiger partial charge in [0, 0.05) is 48.7 Å². The van der Waals surface area contributed by atoms with Crippen LogP contribution in [0.3, 0.4) is 0 Å². The molecule has 6 heteroatoms. The Labute approximate surface area is 175 Å². The molecule has 1 aromatic heterocycles. The molecule has 0 spiro atoms. The lowest BCUT2D eigenvalue weighted by atomic mass is 10.2. The van der Waals surface area contributed by atoms with Crippen LogP contribution in [0.15, 0.2) is 53.9 Å². The summed E-state index contributed by atoms with van der Waals surface area (Å²) in [5, 5.41) is 3.94. The van der Waals surface area contributed by atoms with Crippen molar-refractivity contribution in [1.82, 2.24) is 9.88 Å². The van der Waals surface area contributed by atoms with Crippen molar-refractivity contribution in [3.63, 3.8) is 0 Å². The van der Waals surface area contributed by atoms with E-state index in [0.29, 0.717) is 0 Å². The third-order valence-corrected chi connectivity index (χ3v) is 6.20. The van der Waals surface area contributed by atoms with Gasteiger partial charge in [0.25, 0.3) is 0 Å². The lowest BCUT2D eigenvalue weighted by Crippen LogP contribution is -2.30. The van der Waals surface area contributed by atoms with Crippen molar-refractivity contribution >= 4 is 28.6 Å². The molecule has 3 aromatic rings. The molecule has 0 unspecified atom stereocenters. The summed E-state index contributed by atoms with van der Waals surface area (Å²) in [5.74, 6) is 0.946. The molecular formula is C22H24ClN3OS. The Morgan fingerprint density at radius 1 is 1.07 bits per heavy atom. The molecule has 2 heterocycles. The van der Waals surface area contributed by atoms with E-state index in [-0.39, 0.29) is 0 Å². The number of anilines is 1. The minimum atomic E-state index is 0.748. The highest BCUT2D eigenvalue weighted by Gasteiger charge is 2.18. The highest BCUT2D eigenvalue weighted by atomic mass is 35.5. The maximum Gasteiger partial charge on any atom is 0.142 e. The molecule has 1 saturated heterocycles. The van der Waals surface area contributed by atoms with Gasteiger partial charge in [0.1, 0.15) is 10.8 Å². The molecule has 4 rings (SSSR count). The van der Waals surface area contributed by atoms with Crippen LogP contribution in [0.2, 0.25) is 5.02 Å². The summed E-state index contributed by atoms with van der Waals surface area (Å²) in [7, 11) is 1.74. The van der Waals surface area contributed by atoms with E-state index in [0.717, 1.165) is 66.2 Å². The van der Waals surface area contributed by atoms with Gasteiger partial charge < -0.3 is 9.64 Å². The van der Waals surface area contributed by atoms with Gasteiger partial charge in [-0.15, -0.1) is 11.3 Å². The molecule has 1 aliphatic heterocycles. The molecule has 2 aromatic carbocycles. The summed E-state index contributed by atoms with van der Waals surface area (Å²) < 4.78 is 5.54. The summed E-state index contributed by atoms with van der Waals surface area (Å²) in [6.45, 7) is 5.02. The number of para-hydroxylation sites is 2. The summed E-state index contributed by atoms with van der Waals surface area (Å²) in [4.78, 5) is 9.76. The van der Waals surface area contributed by atoms with Gasteiger partial charge in [-0.1, -0.05) is 35.9 Å². The number of nitrogens with zero attached hydrogens (tertiary/aromatic N) is 3. The lowest BCUT2D eigenvalue weighted by molar-refractivity contribution is 0.282. The number of thiazole rings is 1. The third kappa shape index (κ3) is 4.49. The van der Waals surface area contributed by atoms with Gasteiger partial charge in [0.15, 0.2) is 0 Å². The van der Waals surface area contributed by atoms with E-state index in [1.54, 1.807) is 18.4 Å². The minimum Gasteiger partial charge on any atom is -0.495 e. The zero-order chi connectivity index (χ0) is 19.3. The molecule has 0 saturated carbocycles. The Morgan fingerprint density at radius 2 is 1.96 bits per heavy atom. The summed E-state index contributed by atoms with van der Waals surface area (Å²) in [6.07, 6.45) is 1.13. The summed E-state index contributed by atoms with van der Waals surface area (Å²) in [6, 6.07) is 16.2. The Bertz CT molecular complexity index is 929. The number of hydrogen-bond donors (Lipinski definition) is 0. The lowest BCUT2D eigenvalue weighted by Gasteiger charge is -2.25. The van der Waals surface area contributed by atoms with Crippen molar-refractivity contribution in [1.29, 1.82) is 0 Å². The van der Waals surface area contributed by atoms with Crippen LogP contribution in [0.1, 0.15) is 12.1 Å². The topological polar surface area (TPSA) is 28.6 Å². The first-order valence-corrected chi connectivity index (χ1v) is 10.8. The normalized spacial score (nSPS) is 15.4. The van der Waals surface area contributed by atoms with E-state index < -0.39 is 0 Å². The number of benzene rings is 2. The molecule has 4 nitrogen and oxygen atoms in total. The molecule has 0 bridgehead atoms. The summed E-state index contributed by atoms with van der Waals surface area (Å²) in [5.41, 5.74) is 3.40. The van der Waals surface area contributed by atoms with Crippen LogP contribution >= 0.6 is 22.9 Å². The first-order valence-electron chi connectivity index (χ1n) is 9.53. The van der Waals surface area contributed by atoms with E-state index in [1.807, 2.05) is 30.3 Å². The first-order chi connectivity index (χ1) is 13.7. The zero-order valence-corrected chi connectivity index (χ0v) is 17.5. The SMILES string of the molecule is COc1ccccc1N1CCCN(Cc2csc(-c3cccc(Cl)c3)n2)CC1. The Balaban J connectivity index is 1.40. The van der Waals surface area contributed by atoms with Crippen molar-refractivity contribution < 1.29 is 4.74 Å². The molecule has 1 fully saturated rings. The first kappa shape index (κ1) is 19.2. The van der Waals surface area contributed by atoms with E-state index in [9.17, 15) is 0 Å².